The largest absolute Gasteiger partial charge is 0.439 e. The van der Waals surface area contributed by atoms with Gasteiger partial charge in [-0.1, -0.05) is 6.07 Å². The summed E-state index contributed by atoms with van der Waals surface area (Å²) in [4.78, 5) is 4.35. The number of nitrogens with zero attached hydrogens (tertiary/aromatic N) is 1. The summed E-state index contributed by atoms with van der Waals surface area (Å²) >= 11 is 0. The molecule has 1 unspecified atom stereocenters. The lowest BCUT2D eigenvalue weighted by molar-refractivity contribution is 0.467. The number of aryl methyl sites for hydroxylation is 2. The molecule has 0 radical (unpaired) electrons. The molecule has 5 nitrogen and oxygen atoms in total. The monoisotopic (exact) mass is 282 g/mol. The molecule has 0 aliphatic heterocycles. The van der Waals surface area contributed by atoms with Gasteiger partial charge in [-0.2, -0.15) is 0 Å². The summed E-state index contributed by atoms with van der Waals surface area (Å²) in [6.45, 7) is 3.94. The van der Waals surface area contributed by atoms with Gasteiger partial charge >= 0.3 is 0 Å². The predicted molar refractivity (Wildman–Crippen MR) is 74.7 cm³/mol. The van der Waals surface area contributed by atoms with Crippen molar-refractivity contribution in [1.82, 2.24) is 4.98 Å². The van der Waals surface area contributed by atoms with Gasteiger partial charge in [0.05, 0.1) is 11.8 Å². The highest BCUT2D eigenvalue weighted by Gasteiger charge is 2.17. The van der Waals surface area contributed by atoms with Crippen LogP contribution in [-0.2, 0) is 9.84 Å². The van der Waals surface area contributed by atoms with Gasteiger partial charge in [-0.15, -0.1) is 0 Å². The van der Waals surface area contributed by atoms with E-state index in [-0.39, 0.29) is 5.75 Å². The Hall–Kier alpha value is -1.40. The highest BCUT2D eigenvalue weighted by atomic mass is 32.2. The van der Waals surface area contributed by atoms with Gasteiger partial charge in [0, 0.05) is 6.26 Å². The zero-order valence-corrected chi connectivity index (χ0v) is 12.1. The third-order valence-corrected chi connectivity index (χ3v) is 3.93. The first-order valence-electron chi connectivity index (χ1n) is 6.07. The van der Waals surface area contributed by atoms with Crippen LogP contribution < -0.4 is 5.73 Å². The maximum atomic E-state index is 11.1. The molecule has 6 heteroatoms. The van der Waals surface area contributed by atoms with Crippen LogP contribution in [-0.4, -0.2) is 25.4 Å². The molecule has 0 saturated heterocycles. The third-order valence-electron chi connectivity index (χ3n) is 2.95. The minimum Gasteiger partial charge on any atom is -0.439 e. The van der Waals surface area contributed by atoms with Gasteiger partial charge in [-0.25, -0.2) is 13.4 Å². The average molecular weight is 282 g/mol. The van der Waals surface area contributed by atoms with Crippen molar-refractivity contribution in [3.8, 4) is 0 Å². The van der Waals surface area contributed by atoms with Crippen molar-refractivity contribution in [2.45, 2.75) is 26.3 Å². The fourth-order valence-corrected chi connectivity index (χ4v) is 2.70. The van der Waals surface area contributed by atoms with Gasteiger partial charge in [0.2, 0.25) is 5.89 Å². The van der Waals surface area contributed by atoms with E-state index in [1.807, 2.05) is 26.0 Å². The van der Waals surface area contributed by atoms with E-state index in [1.54, 1.807) is 0 Å². The maximum Gasteiger partial charge on any atom is 0.212 e. The number of fused-ring (bicyclic) bond motifs is 1. The first-order valence-corrected chi connectivity index (χ1v) is 8.13. The standard InChI is InChI=1S/C13H18N2O3S/c1-8-6-9(2)12-11(7-8)15-13(18-12)10(14)4-5-19(3,16)17/h6-7,10H,4-5,14H2,1-3H3. The van der Waals surface area contributed by atoms with E-state index in [4.69, 9.17) is 10.2 Å². The van der Waals surface area contributed by atoms with Crippen LogP contribution in [0.15, 0.2) is 16.5 Å². The second-order valence-electron chi connectivity index (χ2n) is 5.01. The normalized spacial score (nSPS) is 13.9. The molecule has 0 amide bonds. The van der Waals surface area contributed by atoms with Crippen molar-refractivity contribution >= 4 is 20.9 Å². The predicted octanol–water partition coefficient (Wildman–Crippen LogP) is 1.88. The Labute approximate surface area is 112 Å². The van der Waals surface area contributed by atoms with Gasteiger partial charge in [-0.3, -0.25) is 0 Å². The molecule has 0 bridgehead atoms. The van der Waals surface area contributed by atoms with Gasteiger partial charge < -0.3 is 10.2 Å². The fourth-order valence-electron chi connectivity index (χ4n) is 2.02. The van der Waals surface area contributed by atoms with Crippen LogP contribution in [0, 0.1) is 13.8 Å². The molecule has 2 aromatic rings. The molecule has 0 fully saturated rings. The highest BCUT2D eigenvalue weighted by Crippen LogP contribution is 2.24. The molecule has 1 heterocycles. The number of hydrogen-bond donors (Lipinski definition) is 1. The molecular formula is C13H18N2O3S. The number of benzene rings is 1. The molecule has 0 saturated carbocycles. The Morgan fingerprint density at radius 1 is 1.37 bits per heavy atom. The SMILES string of the molecule is Cc1cc(C)c2oc(C(N)CCS(C)(=O)=O)nc2c1. The molecule has 0 aliphatic rings. The quantitative estimate of drug-likeness (QED) is 0.925. The van der Waals surface area contributed by atoms with Crippen LogP contribution >= 0.6 is 0 Å². The van der Waals surface area contributed by atoms with Gasteiger partial charge in [0.1, 0.15) is 15.4 Å². The van der Waals surface area contributed by atoms with Crippen molar-refractivity contribution in [1.29, 1.82) is 0 Å². The molecule has 2 rings (SSSR count). The molecule has 1 atom stereocenters. The van der Waals surface area contributed by atoms with Gasteiger partial charge in [0.15, 0.2) is 5.58 Å². The third kappa shape index (κ3) is 3.33. The number of nitrogens with two attached hydrogens (primary N) is 1. The van der Waals surface area contributed by atoms with Gasteiger partial charge in [0.25, 0.3) is 0 Å². The summed E-state index contributed by atoms with van der Waals surface area (Å²) in [6, 6.07) is 3.44. The van der Waals surface area contributed by atoms with E-state index in [2.05, 4.69) is 4.98 Å². The molecule has 0 aliphatic carbocycles. The minimum atomic E-state index is -3.02. The zero-order chi connectivity index (χ0) is 14.2. The lowest BCUT2D eigenvalue weighted by Crippen LogP contribution is -2.15. The second-order valence-corrected chi connectivity index (χ2v) is 7.27. The van der Waals surface area contributed by atoms with E-state index >= 15 is 0 Å². The summed E-state index contributed by atoms with van der Waals surface area (Å²) in [6.07, 6.45) is 1.50. The van der Waals surface area contributed by atoms with E-state index in [0.29, 0.717) is 12.3 Å². The molecule has 2 N–H and O–H groups in total. The summed E-state index contributed by atoms with van der Waals surface area (Å²) in [7, 11) is -3.02. The molecule has 104 valence electrons. The average Bonchev–Trinajstić information content (AvgIpc) is 2.68. The Bertz CT molecular complexity index is 704. The van der Waals surface area contributed by atoms with E-state index in [1.165, 1.54) is 6.26 Å². The van der Waals surface area contributed by atoms with Crippen LogP contribution in [0.25, 0.3) is 11.1 Å². The summed E-state index contributed by atoms with van der Waals surface area (Å²) in [5.41, 5.74) is 9.53. The Morgan fingerprint density at radius 2 is 2.05 bits per heavy atom. The first-order chi connectivity index (χ1) is 8.76. The van der Waals surface area contributed by atoms with Crippen molar-refractivity contribution < 1.29 is 12.8 Å². The Morgan fingerprint density at radius 3 is 2.68 bits per heavy atom. The van der Waals surface area contributed by atoms with Crippen LogP contribution in [0.3, 0.4) is 0 Å². The molecule has 1 aromatic heterocycles. The minimum absolute atomic E-state index is 0.0326. The Balaban J connectivity index is 2.28. The number of rotatable bonds is 4. The number of oxazole rings is 1. The topological polar surface area (TPSA) is 86.2 Å². The van der Waals surface area contributed by atoms with Crippen LogP contribution in [0.1, 0.15) is 29.5 Å². The molecule has 0 spiro atoms. The van der Waals surface area contributed by atoms with E-state index in [0.717, 1.165) is 22.2 Å². The van der Waals surface area contributed by atoms with Crippen LogP contribution in [0.2, 0.25) is 0 Å². The van der Waals surface area contributed by atoms with Crippen molar-refractivity contribution in [3.05, 3.63) is 29.2 Å². The highest BCUT2D eigenvalue weighted by molar-refractivity contribution is 7.90. The molecule has 1 aromatic carbocycles. The van der Waals surface area contributed by atoms with Crippen LogP contribution in [0.5, 0.6) is 0 Å². The summed E-state index contributed by atoms with van der Waals surface area (Å²) in [5, 5.41) is 0. The number of aromatic nitrogens is 1. The van der Waals surface area contributed by atoms with E-state index in [9.17, 15) is 8.42 Å². The fraction of sp³-hybridized carbons (Fsp3) is 0.462. The molecule has 19 heavy (non-hydrogen) atoms. The van der Waals surface area contributed by atoms with Crippen molar-refractivity contribution in [2.75, 3.05) is 12.0 Å². The lowest BCUT2D eigenvalue weighted by Gasteiger charge is -2.05. The van der Waals surface area contributed by atoms with Crippen LogP contribution in [0.4, 0.5) is 0 Å². The number of hydrogen-bond acceptors (Lipinski definition) is 5. The summed E-state index contributed by atoms with van der Waals surface area (Å²) in [5.74, 6) is 0.428. The van der Waals surface area contributed by atoms with Gasteiger partial charge in [-0.05, 0) is 37.5 Å². The lowest BCUT2D eigenvalue weighted by atomic mass is 10.1. The molecular weight excluding hydrogens is 264 g/mol. The Kier molecular flexibility index (Phi) is 3.64. The summed E-state index contributed by atoms with van der Waals surface area (Å²) < 4.78 is 27.9. The van der Waals surface area contributed by atoms with Crippen molar-refractivity contribution in [3.63, 3.8) is 0 Å². The zero-order valence-electron chi connectivity index (χ0n) is 11.3. The first kappa shape index (κ1) is 14.0. The van der Waals surface area contributed by atoms with E-state index < -0.39 is 15.9 Å². The second kappa shape index (κ2) is 4.94. The maximum absolute atomic E-state index is 11.1. The smallest absolute Gasteiger partial charge is 0.212 e. The number of sulfone groups is 1. The van der Waals surface area contributed by atoms with Crippen molar-refractivity contribution in [2.24, 2.45) is 5.73 Å².